The fraction of sp³-hybridized carbons (Fsp3) is 0.167. The summed E-state index contributed by atoms with van der Waals surface area (Å²) >= 11 is 0. The van der Waals surface area contributed by atoms with E-state index in [9.17, 15) is 5.21 Å². The second kappa shape index (κ2) is 6.97. The monoisotopic (exact) mass is 367 g/mol. The van der Waals surface area contributed by atoms with Crippen LogP contribution in [0.4, 0.5) is 0 Å². The van der Waals surface area contributed by atoms with Gasteiger partial charge >= 0.3 is 0 Å². The number of nitrogens with one attached hydrogen (secondary N) is 1. The lowest BCUT2D eigenvalue weighted by molar-refractivity contribution is 0.317. The Bertz CT molecular complexity index is 1160. The van der Waals surface area contributed by atoms with Gasteiger partial charge in [-0.25, -0.2) is 0 Å². The maximum atomic E-state index is 9.73. The smallest absolute Gasteiger partial charge is 0.0911 e. The van der Waals surface area contributed by atoms with E-state index < -0.39 is 0 Å². The molecule has 0 saturated heterocycles. The molecule has 4 nitrogen and oxygen atoms in total. The Morgan fingerprint density at radius 3 is 2.57 bits per heavy atom. The van der Waals surface area contributed by atoms with Gasteiger partial charge in [-0.05, 0) is 34.2 Å². The van der Waals surface area contributed by atoms with Gasteiger partial charge in [-0.1, -0.05) is 78.0 Å². The van der Waals surface area contributed by atoms with Gasteiger partial charge in [-0.15, -0.1) is 0 Å². The third kappa shape index (κ3) is 2.87. The van der Waals surface area contributed by atoms with E-state index in [0.29, 0.717) is 12.3 Å². The minimum Gasteiger partial charge on any atom is -0.411 e. The molecule has 1 heterocycles. The number of aromatic nitrogens is 2. The van der Waals surface area contributed by atoms with Crippen molar-refractivity contribution >= 4 is 16.5 Å². The van der Waals surface area contributed by atoms with Crippen molar-refractivity contribution in [3.63, 3.8) is 0 Å². The summed E-state index contributed by atoms with van der Waals surface area (Å²) in [6, 6.07) is 25.2. The van der Waals surface area contributed by atoms with E-state index >= 15 is 0 Å². The Hall–Kier alpha value is -3.40. The topological polar surface area (TPSA) is 61.3 Å². The van der Waals surface area contributed by atoms with Gasteiger partial charge in [0.2, 0.25) is 0 Å². The zero-order valence-corrected chi connectivity index (χ0v) is 15.5. The average molecular weight is 367 g/mol. The van der Waals surface area contributed by atoms with Gasteiger partial charge in [0.15, 0.2) is 0 Å². The Labute approximate surface area is 163 Å². The van der Waals surface area contributed by atoms with E-state index in [1.54, 1.807) is 0 Å². The van der Waals surface area contributed by atoms with E-state index in [1.807, 2.05) is 6.07 Å². The second-order valence-corrected chi connectivity index (χ2v) is 7.40. The number of rotatable bonds is 3. The van der Waals surface area contributed by atoms with Crippen LogP contribution in [-0.4, -0.2) is 21.1 Å². The molecule has 0 spiro atoms. The molecule has 0 amide bonds. The number of fused-ring (bicyclic) bond motifs is 2. The van der Waals surface area contributed by atoms with Crippen molar-refractivity contribution in [3.05, 3.63) is 101 Å². The molecule has 0 fully saturated rings. The fourth-order valence-corrected chi connectivity index (χ4v) is 4.37. The summed E-state index contributed by atoms with van der Waals surface area (Å²) in [5.41, 5.74) is 6.21. The minimum atomic E-state index is 0.297. The Balaban J connectivity index is 1.52. The van der Waals surface area contributed by atoms with E-state index in [4.69, 9.17) is 0 Å². The van der Waals surface area contributed by atoms with Crippen molar-refractivity contribution in [2.24, 2.45) is 5.16 Å². The minimum absolute atomic E-state index is 0.297. The van der Waals surface area contributed by atoms with Crippen molar-refractivity contribution in [3.8, 4) is 0 Å². The zero-order valence-electron chi connectivity index (χ0n) is 15.5. The molecule has 28 heavy (non-hydrogen) atoms. The molecule has 1 aliphatic rings. The van der Waals surface area contributed by atoms with Gasteiger partial charge in [-0.2, -0.15) is 5.10 Å². The number of aromatic amines is 1. The molecule has 4 aromatic rings. The molecule has 0 bridgehead atoms. The number of hydrogen-bond acceptors (Lipinski definition) is 3. The summed E-state index contributed by atoms with van der Waals surface area (Å²) < 4.78 is 0. The molecule has 3 aromatic carbocycles. The quantitative estimate of drug-likeness (QED) is 0.393. The Morgan fingerprint density at radius 1 is 0.929 bits per heavy atom. The molecule has 4 heteroatoms. The first-order chi connectivity index (χ1) is 13.8. The summed E-state index contributed by atoms with van der Waals surface area (Å²) in [5.74, 6) is 0.297. The maximum Gasteiger partial charge on any atom is 0.0911 e. The molecule has 138 valence electrons. The van der Waals surface area contributed by atoms with Crippen LogP contribution in [0.25, 0.3) is 10.8 Å². The first-order valence-electron chi connectivity index (χ1n) is 9.62. The zero-order chi connectivity index (χ0) is 18.9. The van der Waals surface area contributed by atoms with Crippen LogP contribution in [0, 0.1) is 0 Å². The third-order valence-electron chi connectivity index (χ3n) is 5.72. The van der Waals surface area contributed by atoms with Crippen molar-refractivity contribution in [1.29, 1.82) is 0 Å². The van der Waals surface area contributed by atoms with Gasteiger partial charge in [-0.3, -0.25) is 5.10 Å². The van der Waals surface area contributed by atoms with E-state index in [0.717, 1.165) is 35.5 Å². The highest BCUT2D eigenvalue weighted by Crippen LogP contribution is 2.34. The molecule has 2 N–H and O–H groups in total. The molecule has 5 rings (SSSR count). The Kier molecular flexibility index (Phi) is 4.17. The molecule has 1 atom stereocenters. The van der Waals surface area contributed by atoms with Crippen LogP contribution >= 0.6 is 0 Å². The lowest BCUT2D eigenvalue weighted by atomic mass is 9.80. The first-order valence-corrected chi connectivity index (χ1v) is 9.62. The first kappa shape index (κ1) is 16.8. The van der Waals surface area contributed by atoms with Crippen molar-refractivity contribution in [2.75, 3.05) is 0 Å². The lowest BCUT2D eigenvalue weighted by Gasteiger charge is -2.23. The van der Waals surface area contributed by atoms with Crippen LogP contribution < -0.4 is 0 Å². The molecule has 0 radical (unpaired) electrons. The highest BCUT2D eigenvalue weighted by Gasteiger charge is 2.30. The number of oxime groups is 1. The highest BCUT2D eigenvalue weighted by atomic mass is 16.4. The van der Waals surface area contributed by atoms with E-state index in [1.165, 1.54) is 21.9 Å². The standard InChI is InChI=1S/C24H21N3O/c28-27-23-15-19(16-7-2-1-3-8-16)14-22-24(23)21(25-26-22)13-18-11-6-10-17-9-4-5-12-20(17)18/h1-12,19,28H,13-15H2,(H,25,26). The number of nitrogens with zero attached hydrogens (tertiary/aromatic N) is 2. The van der Waals surface area contributed by atoms with Crippen molar-refractivity contribution in [2.45, 2.75) is 25.2 Å². The predicted octanol–water partition coefficient (Wildman–Crippen LogP) is 5.06. The molecule has 1 aromatic heterocycles. The number of H-pyrrole nitrogens is 1. The SMILES string of the molecule is ON=C1CC(c2ccccc2)Cc2[nH]nc(Cc3cccc4ccccc34)c21. The Morgan fingerprint density at radius 2 is 1.71 bits per heavy atom. The summed E-state index contributed by atoms with van der Waals surface area (Å²) in [6.07, 6.45) is 2.30. The van der Waals surface area contributed by atoms with Gasteiger partial charge < -0.3 is 5.21 Å². The van der Waals surface area contributed by atoms with Gasteiger partial charge in [0, 0.05) is 24.1 Å². The normalized spacial score (nSPS) is 17.7. The molecule has 0 saturated carbocycles. The number of hydrogen-bond donors (Lipinski definition) is 2. The largest absolute Gasteiger partial charge is 0.411 e. The van der Waals surface area contributed by atoms with E-state index in [2.05, 4.69) is 82.1 Å². The predicted molar refractivity (Wildman–Crippen MR) is 111 cm³/mol. The van der Waals surface area contributed by atoms with Crippen LogP contribution in [0.2, 0.25) is 0 Å². The van der Waals surface area contributed by atoms with Gasteiger partial charge in [0.05, 0.1) is 11.4 Å². The van der Waals surface area contributed by atoms with Crippen molar-refractivity contribution < 1.29 is 5.21 Å². The summed E-state index contributed by atoms with van der Waals surface area (Å²) in [7, 11) is 0. The van der Waals surface area contributed by atoms with Crippen LogP contribution in [0.5, 0.6) is 0 Å². The number of benzene rings is 3. The summed E-state index contributed by atoms with van der Waals surface area (Å²) in [6.45, 7) is 0. The lowest BCUT2D eigenvalue weighted by Crippen LogP contribution is -2.20. The van der Waals surface area contributed by atoms with Gasteiger partial charge in [0.25, 0.3) is 0 Å². The third-order valence-corrected chi connectivity index (χ3v) is 5.72. The van der Waals surface area contributed by atoms with E-state index in [-0.39, 0.29) is 0 Å². The molecule has 0 aliphatic heterocycles. The van der Waals surface area contributed by atoms with Gasteiger partial charge in [0.1, 0.15) is 0 Å². The van der Waals surface area contributed by atoms with Crippen LogP contribution in [0.1, 0.15) is 40.4 Å². The average Bonchev–Trinajstić information content (AvgIpc) is 3.17. The molecular weight excluding hydrogens is 346 g/mol. The summed E-state index contributed by atoms with van der Waals surface area (Å²) in [4.78, 5) is 0. The fourth-order valence-electron chi connectivity index (χ4n) is 4.37. The maximum absolute atomic E-state index is 9.73. The molecule has 1 unspecified atom stereocenters. The summed E-state index contributed by atoms with van der Waals surface area (Å²) in [5, 5.41) is 23.7. The molecule has 1 aliphatic carbocycles. The van der Waals surface area contributed by atoms with Crippen LogP contribution in [0.3, 0.4) is 0 Å². The van der Waals surface area contributed by atoms with Crippen LogP contribution in [0.15, 0.2) is 78.0 Å². The molecular formula is C24H21N3O. The van der Waals surface area contributed by atoms with Crippen LogP contribution in [-0.2, 0) is 12.8 Å². The second-order valence-electron chi connectivity index (χ2n) is 7.40. The van der Waals surface area contributed by atoms with Crippen molar-refractivity contribution in [1.82, 2.24) is 10.2 Å². The highest BCUT2D eigenvalue weighted by molar-refractivity contribution is 6.03.